The second kappa shape index (κ2) is 9.13. The lowest BCUT2D eigenvalue weighted by Gasteiger charge is -2.34. The molecule has 0 radical (unpaired) electrons. The molecule has 2 aromatic rings. The largest absolute Gasteiger partial charge is 0.478 e. The van der Waals surface area contributed by atoms with Crippen molar-refractivity contribution >= 4 is 35.3 Å². The highest BCUT2D eigenvalue weighted by atomic mass is 16.4. The number of anilines is 3. The minimum Gasteiger partial charge on any atom is -0.478 e. The summed E-state index contributed by atoms with van der Waals surface area (Å²) in [5.41, 5.74) is 4.23. The molecule has 5 N–H and O–H groups in total. The highest BCUT2D eigenvalue weighted by molar-refractivity contribution is 6.02. The van der Waals surface area contributed by atoms with Crippen molar-refractivity contribution in [1.29, 1.82) is 0 Å². The Morgan fingerprint density at radius 2 is 1.64 bits per heavy atom. The van der Waals surface area contributed by atoms with Crippen LogP contribution in [-0.4, -0.2) is 40.6 Å². The van der Waals surface area contributed by atoms with Crippen LogP contribution in [0.4, 0.5) is 17.1 Å². The van der Waals surface area contributed by atoms with Gasteiger partial charge in [0, 0.05) is 22.6 Å². The number of hydrogen-bond donors (Lipinski definition) is 5. The van der Waals surface area contributed by atoms with Crippen LogP contribution >= 0.6 is 0 Å². The first kappa shape index (κ1) is 24.1. The summed E-state index contributed by atoms with van der Waals surface area (Å²) in [7, 11) is 0. The van der Waals surface area contributed by atoms with E-state index in [2.05, 4.69) is 66.1 Å². The molecule has 0 amide bonds. The third-order valence-electron chi connectivity index (χ3n) is 5.20. The molecule has 0 spiro atoms. The minimum absolute atomic E-state index is 0.186. The molecule has 0 saturated heterocycles. The average Bonchev–Trinajstić information content (AvgIpc) is 2.69. The van der Waals surface area contributed by atoms with Crippen LogP contribution in [-0.2, 0) is 0 Å². The van der Waals surface area contributed by atoms with Gasteiger partial charge in [0.15, 0.2) is 6.17 Å². The molecule has 1 aliphatic rings. The van der Waals surface area contributed by atoms with Crippen LogP contribution in [0.25, 0.3) is 0 Å². The van der Waals surface area contributed by atoms with Crippen LogP contribution in [0.3, 0.4) is 0 Å². The lowest BCUT2D eigenvalue weighted by Crippen LogP contribution is -2.47. The van der Waals surface area contributed by atoms with E-state index < -0.39 is 17.7 Å². The molecular weight excluding hydrogens is 416 g/mol. The van der Waals surface area contributed by atoms with Crippen molar-refractivity contribution in [2.45, 2.75) is 65.7 Å². The maximum Gasteiger partial charge on any atom is 0.335 e. The summed E-state index contributed by atoms with van der Waals surface area (Å²) < 4.78 is 0. The van der Waals surface area contributed by atoms with E-state index in [1.54, 1.807) is 18.5 Å². The summed E-state index contributed by atoms with van der Waals surface area (Å²) in [5.74, 6) is -0.497. The zero-order valence-corrected chi connectivity index (χ0v) is 20.4. The van der Waals surface area contributed by atoms with Gasteiger partial charge < -0.3 is 26.4 Å². The molecule has 1 atom stereocenters. The molecule has 0 bridgehead atoms. The molecule has 176 valence electrons. The van der Waals surface area contributed by atoms with Gasteiger partial charge in [0.2, 0.25) is 5.96 Å². The number of para-hydroxylation sites is 1. The van der Waals surface area contributed by atoms with E-state index in [4.69, 9.17) is 4.99 Å². The van der Waals surface area contributed by atoms with Gasteiger partial charge in [-0.25, -0.2) is 14.8 Å². The number of benzene rings is 2. The molecule has 0 saturated carbocycles. The fourth-order valence-electron chi connectivity index (χ4n) is 3.64. The molecule has 0 aromatic heterocycles. The van der Waals surface area contributed by atoms with Gasteiger partial charge in [0.05, 0.1) is 17.4 Å². The Labute approximate surface area is 195 Å². The smallest absolute Gasteiger partial charge is 0.335 e. The number of guanidine groups is 1. The monoisotopic (exact) mass is 450 g/mol. The van der Waals surface area contributed by atoms with E-state index in [1.165, 1.54) is 0 Å². The molecular formula is C25H34N6O2. The van der Waals surface area contributed by atoms with Crippen LogP contribution in [0.5, 0.6) is 0 Å². The van der Waals surface area contributed by atoms with E-state index in [-0.39, 0.29) is 11.1 Å². The fraction of sp³-hybridized carbons (Fsp3) is 0.400. The standard InChI is InChI=1S/C25H34N6O2/c1-15-9-8-10-16(2)20(15)31-25(6,7)22-26-14-27-23(29-22)28-18-11-17(21(32)33)12-19(13-18)30-24(3,4)5/h8-14,22,30-31H,1-7H3,(H,32,33)(H2,26,27,28,29). The summed E-state index contributed by atoms with van der Waals surface area (Å²) in [6.45, 7) is 14.3. The maximum absolute atomic E-state index is 11.6. The summed E-state index contributed by atoms with van der Waals surface area (Å²) in [4.78, 5) is 20.9. The second-order valence-corrected chi connectivity index (χ2v) is 9.99. The molecule has 1 unspecified atom stereocenters. The fourth-order valence-corrected chi connectivity index (χ4v) is 3.64. The Balaban J connectivity index is 1.85. The summed E-state index contributed by atoms with van der Waals surface area (Å²) in [6, 6.07) is 11.3. The molecule has 1 heterocycles. The van der Waals surface area contributed by atoms with Gasteiger partial charge in [-0.05, 0) is 77.8 Å². The molecule has 8 nitrogen and oxygen atoms in total. The zero-order valence-electron chi connectivity index (χ0n) is 20.4. The number of aryl methyl sites for hydroxylation is 2. The SMILES string of the molecule is Cc1cccc(C)c1NC(C)(C)C1N=CNC(Nc2cc(NC(C)(C)C)cc(C(=O)O)c2)=N1. The topological polar surface area (TPSA) is 110 Å². The van der Waals surface area contributed by atoms with Crippen molar-refractivity contribution in [3.8, 4) is 0 Å². The Morgan fingerprint density at radius 1 is 1.00 bits per heavy atom. The first-order chi connectivity index (χ1) is 15.3. The van der Waals surface area contributed by atoms with Crippen molar-refractivity contribution in [3.63, 3.8) is 0 Å². The predicted molar refractivity (Wildman–Crippen MR) is 137 cm³/mol. The van der Waals surface area contributed by atoms with Crippen molar-refractivity contribution in [2.75, 3.05) is 16.0 Å². The van der Waals surface area contributed by atoms with Crippen LogP contribution in [0.15, 0.2) is 46.4 Å². The second-order valence-electron chi connectivity index (χ2n) is 9.99. The average molecular weight is 451 g/mol. The van der Waals surface area contributed by atoms with Crippen LogP contribution in [0, 0.1) is 13.8 Å². The summed E-state index contributed by atoms with van der Waals surface area (Å²) >= 11 is 0. The van der Waals surface area contributed by atoms with Crippen molar-refractivity contribution in [2.24, 2.45) is 9.98 Å². The normalized spacial score (nSPS) is 16.0. The van der Waals surface area contributed by atoms with Crippen molar-refractivity contribution < 1.29 is 9.90 Å². The molecule has 8 heteroatoms. The molecule has 0 aliphatic carbocycles. The highest BCUT2D eigenvalue weighted by Crippen LogP contribution is 2.28. The van der Waals surface area contributed by atoms with Gasteiger partial charge in [-0.1, -0.05) is 18.2 Å². The number of nitrogens with one attached hydrogen (secondary N) is 4. The lowest BCUT2D eigenvalue weighted by molar-refractivity contribution is 0.0697. The Kier molecular flexibility index (Phi) is 6.67. The number of rotatable bonds is 6. The van der Waals surface area contributed by atoms with Crippen LogP contribution < -0.4 is 21.3 Å². The Hall–Kier alpha value is -3.55. The van der Waals surface area contributed by atoms with Crippen LogP contribution in [0.1, 0.15) is 56.1 Å². The first-order valence-electron chi connectivity index (χ1n) is 11.0. The summed E-state index contributed by atoms with van der Waals surface area (Å²) in [6.07, 6.45) is 1.22. The molecule has 33 heavy (non-hydrogen) atoms. The first-order valence-corrected chi connectivity index (χ1v) is 11.0. The van der Waals surface area contributed by atoms with Gasteiger partial charge >= 0.3 is 5.97 Å². The van der Waals surface area contributed by atoms with Crippen molar-refractivity contribution in [3.05, 3.63) is 53.1 Å². The van der Waals surface area contributed by atoms with E-state index in [0.29, 0.717) is 17.3 Å². The quantitative estimate of drug-likeness (QED) is 0.431. The van der Waals surface area contributed by atoms with Gasteiger partial charge in [-0.3, -0.25) is 0 Å². The van der Waals surface area contributed by atoms with E-state index in [1.807, 2.05) is 32.9 Å². The van der Waals surface area contributed by atoms with E-state index in [9.17, 15) is 9.90 Å². The van der Waals surface area contributed by atoms with Gasteiger partial charge in [-0.15, -0.1) is 0 Å². The third-order valence-corrected chi connectivity index (χ3v) is 5.20. The number of carboxylic acid groups (broad SMARTS) is 1. The van der Waals surface area contributed by atoms with Gasteiger partial charge in [0.1, 0.15) is 0 Å². The van der Waals surface area contributed by atoms with Gasteiger partial charge in [-0.2, -0.15) is 0 Å². The number of carboxylic acids is 1. The number of carbonyl (C=O) groups is 1. The number of nitrogens with zero attached hydrogens (tertiary/aromatic N) is 2. The molecule has 0 fully saturated rings. The Morgan fingerprint density at radius 3 is 2.24 bits per heavy atom. The predicted octanol–water partition coefficient (Wildman–Crippen LogP) is 4.83. The summed E-state index contributed by atoms with van der Waals surface area (Å²) in [5, 5.41) is 22.7. The molecule has 2 aromatic carbocycles. The van der Waals surface area contributed by atoms with Crippen LogP contribution in [0.2, 0.25) is 0 Å². The van der Waals surface area contributed by atoms with Gasteiger partial charge in [0.25, 0.3) is 0 Å². The van der Waals surface area contributed by atoms with E-state index in [0.717, 1.165) is 16.8 Å². The number of hydrogen-bond acceptors (Lipinski definition) is 7. The number of aromatic carboxylic acids is 1. The lowest BCUT2D eigenvalue weighted by atomic mass is 9.98. The highest BCUT2D eigenvalue weighted by Gasteiger charge is 2.31. The molecule has 1 aliphatic heterocycles. The van der Waals surface area contributed by atoms with E-state index >= 15 is 0 Å². The zero-order chi connectivity index (χ0) is 24.4. The Bertz CT molecular complexity index is 1080. The third kappa shape index (κ3) is 6.25. The molecule has 3 rings (SSSR count). The van der Waals surface area contributed by atoms with Crippen molar-refractivity contribution in [1.82, 2.24) is 5.32 Å². The number of aliphatic imine (C=N–C) groups is 2. The minimum atomic E-state index is -0.993. The maximum atomic E-state index is 11.6.